The van der Waals surface area contributed by atoms with E-state index in [1.807, 2.05) is 0 Å². The minimum absolute atomic E-state index is 0.422. The fourth-order valence-corrected chi connectivity index (χ4v) is 1.34. The summed E-state index contributed by atoms with van der Waals surface area (Å²) in [6.07, 6.45) is 4.10. The molecule has 2 N–H and O–H groups in total. The largest absolute Gasteiger partial charge is 0.381 e. The van der Waals surface area contributed by atoms with E-state index < -0.39 is 0 Å². The molecule has 1 rings (SSSR count). The van der Waals surface area contributed by atoms with Crippen LogP contribution in [0.2, 0.25) is 5.02 Å². The Bertz CT molecular complexity index is 248. The van der Waals surface area contributed by atoms with Gasteiger partial charge < -0.3 is 5.73 Å². The first kappa shape index (κ1) is 10.4. The molecule has 0 radical (unpaired) electrons. The molecule has 0 atom stereocenters. The van der Waals surface area contributed by atoms with Gasteiger partial charge in [-0.1, -0.05) is 25.4 Å². The molecular formula is C9H16ClN3. The van der Waals surface area contributed by atoms with Gasteiger partial charge in [-0.05, 0) is 18.8 Å². The lowest BCUT2D eigenvalue weighted by molar-refractivity contribution is 0.491. The highest BCUT2D eigenvalue weighted by Crippen LogP contribution is 2.15. The fraction of sp³-hybridized carbons (Fsp3) is 0.667. The maximum Gasteiger partial charge on any atom is 0.164 e. The molecule has 3 nitrogen and oxygen atoms in total. The summed E-state index contributed by atoms with van der Waals surface area (Å²) >= 11 is 5.76. The van der Waals surface area contributed by atoms with Crippen LogP contribution >= 0.6 is 11.6 Å². The van der Waals surface area contributed by atoms with Crippen molar-refractivity contribution < 1.29 is 0 Å². The van der Waals surface area contributed by atoms with Gasteiger partial charge in [0, 0.05) is 12.7 Å². The number of hydrogen-bond acceptors (Lipinski definition) is 2. The van der Waals surface area contributed by atoms with Gasteiger partial charge in [0.25, 0.3) is 0 Å². The molecule has 13 heavy (non-hydrogen) atoms. The van der Waals surface area contributed by atoms with Gasteiger partial charge in [-0.25, -0.2) is 0 Å². The molecule has 0 fully saturated rings. The molecule has 0 aliphatic heterocycles. The Hall–Kier alpha value is -0.700. The normalized spacial score (nSPS) is 11.1. The number of halogens is 1. The summed E-state index contributed by atoms with van der Waals surface area (Å²) in [4.78, 5) is 0. The highest BCUT2D eigenvalue weighted by molar-refractivity contribution is 6.32. The maximum absolute atomic E-state index is 5.76. The lowest BCUT2D eigenvalue weighted by atomic mass is 10.1. The van der Waals surface area contributed by atoms with Gasteiger partial charge in [0.1, 0.15) is 5.02 Å². The number of hydrogen-bond donors (Lipinski definition) is 1. The number of rotatable bonds is 4. The van der Waals surface area contributed by atoms with Crippen molar-refractivity contribution in [3.63, 3.8) is 0 Å². The van der Waals surface area contributed by atoms with Crippen molar-refractivity contribution in [3.8, 4) is 0 Å². The number of nitrogens with two attached hydrogens (primary N) is 1. The summed E-state index contributed by atoms with van der Waals surface area (Å²) in [5.74, 6) is 1.16. The minimum atomic E-state index is 0.422. The first-order valence-electron chi connectivity index (χ1n) is 4.58. The monoisotopic (exact) mass is 201 g/mol. The van der Waals surface area contributed by atoms with Crippen LogP contribution in [0.15, 0.2) is 6.20 Å². The fourth-order valence-electron chi connectivity index (χ4n) is 1.19. The summed E-state index contributed by atoms with van der Waals surface area (Å²) in [5.41, 5.74) is 5.51. The Morgan fingerprint density at radius 1 is 1.62 bits per heavy atom. The van der Waals surface area contributed by atoms with Gasteiger partial charge in [-0.3, -0.25) is 4.68 Å². The molecule has 74 valence electrons. The molecule has 0 spiro atoms. The lowest BCUT2D eigenvalue weighted by Crippen LogP contribution is -2.01. The molecule has 0 aliphatic rings. The number of aromatic nitrogens is 2. The zero-order chi connectivity index (χ0) is 9.84. The number of nitrogen functional groups attached to an aromatic ring is 1. The Kier molecular flexibility index (Phi) is 3.60. The van der Waals surface area contributed by atoms with Crippen molar-refractivity contribution in [1.82, 2.24) is 9.78 Å². The van der Waals surface area contributed by atoms with Gasteiger partial charge in [-0.2, -0.15) is 5.10 Å². The van der Waals surface area contributed by atoms with E-state index in [0.717, 1.165) is 18.9 Å². The van der Waals surface area contributed by atoms with Gasteiger partial charge >= 0.3 is 0 Å². The smallest absolute Gasteiger partial charge is 0.164 e. The Morgan fingerprint density at radius 2 is 2.31 bits per heavy atom. The quantitative estimate of drug-likeness (QED) is 0.814. The van der Waals surface area contributed by atoms with Crippen LogP contribution in [0.3, 0.4) is 0 Å². The molecule has 0 unspecified atom stereocenters. The van der Waals surface area contributed by atoms with Crippen molar-refractivity contribution >= 4 is 17.4 Å². The standard InChI is InChI=1S/C9H16ClN3/c1-7(2)4-3-5-13-6-8(10)9(11)12-13/h6-7H,3-5H2,1-2H3,(H2,11,12). The summed E-state index contributed by atoms with van der Waals surface area (Å²) in [6, 6.07) is 0. The zero-order valence-corrected chi connectivity index (χ0v) is 8.88. The highest BCUT2D eigenvalue weighted by atomic mass is 35.5. The van der Waals surface area contributed by atoms with E-state index >= 15 is 0 Å². The van der Waals surface area contributed by atoms with Gasteiger partial charge in [0.05, 0.1) is 0 Å². The van der Waals surface area contributed by atoms with Crippen molar-refractivity contribution in [3.05, 3.63) is 11.2 Å². The van der Waals surface area contributed by atoms with Crippen LogP contribution in [-0.2, 0) is 6.54 Å². The third-order valence-electron chi connectivity index (χ3n) is 1.91. The van der Waals surface area contributed by atoms with E-state index in [1.165, 1.54) is 6.42 Å². The number of nitrogens with zero attached hydrogens (tertiary/aromatic N) is 2. The maximum atomic E-state index is 5.76. The lowest BCUT2D eigenvalue weighted by Gasteiger charge is -2.03. The Labute approximate surface area is 83.9 Å². The third-order valence-corrected chi connectivity index (χ3v) is 2.20. The molecule has 1 heterocycles. The summed E-state index contributed by atoms with van der Waals surface area (Å²) < 4.78 is 1.81. The van der Waals surface area contributed by atoms with Crippen LogP contribution in [0.1, 0.15) is 26.7 Å². The van der Waals surface area contributed by atoms with Gasteiger partial charge in [0.2, 0.25) is 0 Å². The second-order valence-corrected chi connectivity index (χ2v) is 4.07. The van der Waals surface area contributed by atoms with E-state index in [0.29, 0.717) is 10.8 Å². The molecule has 4 heteroatoms. The van der Waals surface area contributed by atoms with Crippen LogP contribution < -0.4 is 5.73 Å². The van der Waals surface area contributed by atoms with Crippen molar-refractivity contribution in [2.45, 2.75) is 33.2 Å². The molecule has 0 aromatic carbocycles. The number of anilines is 1. The SMILES string of the molecule is CC(C)CCCn1cc(Cl)c(N)n1. The molecule has 1 aromatic heterocycles. The molecule has 0 amide bonds. The van der Waals surface area contributed by atoms with Crippen molar-refractivity contribution in [2.24, 2.45) is 5.92 Å². The second-order valence-electron chi connectivity index (χ2n) is 3.66. The molecular weight excluding hydrogens is 186 g/mol. The summed E-state index contributed by atoms with van der Waals surface area (Å²) in [7, 11) is 0. The average Bonchev–Trinajstić information content (AvgIpc) is 2.30. The first-order chi connectivity index (χ1) is 6.09. The zero-order valence-electron chi connectivity index (χ0n) is 8.13. The summed E-state index contributed by atoms with van der Waals surface area (Å²) in [6.45, 7) is 5.32. The van der Waals surface area contributed by atoms with E-state index in [4.69, 9.17) is 17.3 Å². The minimum Gasteiger partial charge on any atom is -0.381 e. The van der Waals surface area contributed by atoms with E-state index in [2.05, 4.69) is 18.9 Å². The number of aryl methyl sites for hydroxylation is 1. The summed E-state index contributed by atoms with van der Waals surface area (Å²) in [5, 5.41) is 4.62. The topological polar surface area (TPSA) is 43.8 Å². The molecule has 0 saturated carbocycles. The Balaban J connectivity index is 2.37. The van der Waals surface area contributed by atoms with Crippen molar-refractivity contribution in [2.75, 3.05) is 5.73 Å². The van der Waals surface area contributed by atoms with E-state index in [9.17, 15) is 0 Å². The highest BCUT2D eigenvalue weighted by Gasteiger charge is 2.02. The van der Waals surface area contributed by atoms with Crippen LogP contribution in [0.25, 0.3) is 0 Å². The van der Waals surface area contributed by atoms with E-state index in [1.54, 1.807) is 10.9 Å². The second kappa shape index (κ2) is 4.51. The van der Waals surface area contributed by atoms with E-state index in [-0.39, 0.29) is 0 Å². The molecule has 1 aromatic rings. The van der Waals surface area contributed by atoms with Crippen LogP contribution in [0.4, 0.5) is 5.82 Å². The van der Waals surface area contributed by atoms with Crippen molar-refractivity contribution in [1.29, 1.82) is 0 Å². The molecule has 0 aliphatic carbocycles. The predicted molar refractivity (Wildman–Crippen MR) is 55.7 cm³/mol. The third kappa shape index (κ3) is 3.27. The predicted octanol–water partition coefficient (Wildman–Crippen LogP) is 2.55. The van der Waals surface area contributed by atoms with Crippen LogP contribution in [-0.4, -0.2) is 9.78 Å². The van der Waals surface area contributed by atoms with Gasteiger partial charge in [-0.15, -0.1) is 0 Å². The molecule has 0 bridgehead atoms. The van der Waals surface area contributed by atoms with Gasteiger partial charge in [0.15, 0.2) is 5.82 Å². The van der Waals surface area contributed by atoms with Crippen LogP contribution in [0, 0.1) is 5.92 Å². The first-order valence-corrected chi connectivity index (χ1v) is 4.96. The Morgan fingerprint density at radius 3 is 2.77 bits per heavy atom. The average molecular weight is 202 g/mol. The molecule has 0 saturated heterocycles. The van der Waals surface area contributed by atoms with Crippen LogP contribution in [0.5, 0.6) is 0 Å².